The number of fused-ring (bicyclic) bond motifs is 1. The van der Waals surface area contributed by atoms with Gasteiger partial charge in [-0.05, 0) is 59.5 Å². The maximum atomic E-state index is 6.32. The van der Waals surface area contributed by atoms with Crippen LogP contribution in [0, 0.1) is 0 Å². The van der Waals surface area contributed by atoms with E-state index in [1.165, 1.54) is 0 Å². The number of furan rings is 1. The quantitative estimate of drug-likeness (QED) is 0.647. The van der Waals surface area contributed by atoms with E-state index in [2.05, 4.69) is 6.07 Å². The third-order valence-electron chi connectivity index (χ3n) is 5.29. The van der Waals surface area contributed by atoms with Crippen LogP contribution in [-0.4, -0.2) is 29.8 Å². The zero-order valence-corrected chi connectivity index (χ0v) is 17.0. The molecule has 3 heterocycles. The van der Waals surface area contributed by atoms with Gasteiger partial charge < -0.3 is 10.2 Å². The van der Waals surface area contributed by atoms with E-state index in [0.29, 0.717) is 21.8 Å². The standard InChI is InChI=1S/C22H18Cl2N4O/c23-17-11-15(12-18(24)13-17)14-4-1-5-16(10-14)22(19-6-2-9-29-19)20-26-7-3-8-28(20)21(25)27-22/h1-2,4-6,9-13H,3,7-8H2,(H2,25,27). The second kappa shape index (κ2) is 6.94. The number of aliphatic imine (C=N–C) groups is 2. The van der Waals surface area contributed by atoms with Gasteiger partial charge in [-0.3, -0.25) is 9.89 Å². The molecule has 0 bridgehead atoms. The average molecular weight is 425 g/mol. The van der Waals surface area contributed by atoms with Crippen LogP contribution in [-0.2, 0) is 5.54 Å². The normalized spacial score (nSPS) is 21.0. The molecule has 2 aliphatic rings. The zero-order valence-electron chi connectivity index (χ0n) is 15.5. The summed E-state index contributed by atoms with van der Waals surface area (Å²) in [6.45, 7) is 1.53. The highest BCUT2D eigenvalue weighted by atomic mass is 35.5. The van der Waals surface area contributed by atoms with Crippen LogP contribution in [0.3, 0.4) is 0 Å². The van der Waals surface area contributed by atoms with Crippen LogP contribution in [0.25, 0.3) is 11.1 Å². The lowest BCUT2D eigenvalue weighted by molar-refractivity contribution is 0.446. The highest BCUT2D eigenvalue weighted by Crippen LogP contribution is 2.42. The number of amidine groups is 1. The molecule has 2 aromatic carbocycles. The summed E-state index contributed by atoms with van der Waals surface area (Å²) in [5.74, 6) is 1.94. The minimum atomic E-state index is -0.910. The van der Waals surface area contributed by atoms with Crippen molar-refractivity contribution >= 4 is 35.0 Å². The number of rotatable bonds is 3. The third-order valence-corrected chi connectivity index (χ3v) is 5.73. The highest BCUT2D eigenvalue weighted by Gasteiger charge is 2.51. The van der Waals surface area contributed by atoms with Gasteiger partial charge in [0.05, 0.1) is 6.26 Å². The van der Waals surface area contributed by atoms with Gasteiger partial charge in [0.2, 0.25) is 5.54 Å². The molecule has 0 fully saturated rings. The topological polar surface area (TPSA) is 67.1 Å². The van der Waals surface area contributed by atoms with E-state index in [9.17, 15) is 0 Å². The minimum Gasteiger partial charge on any atom is -0.466 e. The second-order valence-electron chi connectivity index (χ2n) is 7.11. The summed E-state index contributed by atoms with van der Waals surface area (Å²) >= 11 is 12.4. The van der Waals surface area contributed by atoms with Gasteiger partial charge in [-0.25, -0.2) is 4.99 Å². The van der Waals surface area contributed by atoms with Crippen molar-refractivity contribution in [2.24, 2.45) is 15.7 Å². The van der Waals surface area contributed by atoms with Gasteiger partial charge >= 0.3 is 0 Å². The molecule has 29 heavy (non-hydrogen) atoms. The fraction of sp³-hybridized carbons (Fsp3) is 0.182. The number of halogens is 2. The molecule has 3 aromatic rings. The van der Waals surface area contributed by atoms with Gasteiger partial charge in [0.1, 0.15) is 11.6 Å². The molecule has 5 nitrogen and oxygen atoms in total. The number of nitrogens with two attached hydrogens (primary N) is 1. The molecule has 1 aromatic heterocycles. The molecule has 1 atom stereocenters. The molecule has 0 saturated heterocycles. The predicted octanol–water partition coefficient (Wildman–Crippen LogP) is 4.93. The SMILES string of the molecule is NC1=NC(c2cccc(-c3cc(Cl)cc(Cl)c3)c2)(c2ccco2)C2=NCCCN12. The largest absolute Gasteiger partial charge is 0.466 e. The molecule has 0 saturated carbocycles. The molecule has 0 amide bonds. The first-order chi connectivity index (χ1) is 14.1. The predicted molar refractivity (Wildman–Crippen MR) is 117 cm³/mol. The fourth-order valence-electron chi connectivity index (χ4n) is 4.05. The monoisotopic (exact) mass is 424 g/mol. The molecule has 2 aliphatic heterocycles. The van der Waals surface area contributed by atoms with Crippen LogP contribution in [0.2, 0.25) is 10.0 Å². The van der Waals surface area contributed by atoms with E-state index in [4.69, 9.17) is 43.3 Å². The van der Waals surface area contributed by atoms with Crippen LogP contribution in [0.1, 0.15) is 17.7 Å². The van der Waals surface area contributed by atoms with Gasteiger partial charge in [-0.15, -0.1) is 0 Å². The van der Waals surface area contributed by atoms with Crippen molar-refractivity contribution in [2.45, 2.75) is 12.0 Å². The van der Waals surface area contributed by atoms with Crippen LogP contribution in [0.5, 0.6) is 0 Å². The van der Waals surface area contributed by atoms with Gasteiger partial charge in [-0.2, -0.15) is 0 Å². The van der Waals surface area contributed by atoms with Gasteiger partial charge in [0.15, 0.2) is 5.96 Å². The Bertz CT molecular complexity index is 1120. The van der Waals surface area contributed by atoms with E-state index in [0.717, 1.165) is 42.0 Å². The third kappa shape index (κ3) is 2.93. The number of benzene rings is 2. The Morgan fingerprint density at radius 2 is 1.83 bits per heavy atom. The van der Waals surface area contributed by atoms with Crippen molar-refractivity contribution in [1.29, 1.82) is 0 Å². The number of nitrogens with zero attached hydrogens (tertiary/aromatic N) is 3. The highest BCUT2D eigenvalue weighted by molar-refractivity contribution is 6.35. The summed E-state index contributed by atoms with van der Waals surface area (Å²) in [4.78, 5) is 11.7. The Balaban J connectivity index is 1.72. The molecular weight excluding hydrogens is 407 g/mol. The van der Waals surface area contributed by atoms with E-state index in [1.807, 2.05) is 47.4 Å². The van der Waals surface area contributed by atoms with E-state index in [-0.39, 0.29) is 0 Å². The van der Waals surface area contributed by atoms with Gasteiger partial charge in [-0.1, -0.05) is 41.4 Å². The van der Waals surface area contributed by atoms with E-state index >= 15 is 0 Å². The second-order valence-corrected chi connectivity index (χ2v) is 7.98. The summed E-state index contributed by atoms with van der Waals surface area (Å²) in [5.41, 5.74) is 8.23. The molecule has 0 aliphatic carbocycles. The first kappa shape index (κ1) is 18.3. The fourth-order valence-corrected chi connectivity index (χ4v) is 4.58. The summed E-state index contributed by atoms with van der Waals surface area (Å²) in [5, 5.41) is 1.18. The number of guanidine groups is 1. The molecule has 0 spiro atoms. The van der Waals surface area contributed by atoms with Crippen LogP contribution in [0.15, 0.2) is 75.3 Å². The molecule has 7 heteroatoms. The van der Waals surface area contributed by atoms with Crippen molar-refractivity contribution in [2.75, 3.05) is 13.1 Å². The lowest BCUT2D eigenvalue weighted by Crippen LogP contribution is -2.46. The lowest BCUT2D eigenvalue weighted by Gasteiger charge is -2.31. The first-order valence-corrected chi connectivity index (χ1v) is 10.1. The van der Waals surface area contributed by atoms with Crippen LogP contribution >= 0.6 is 23.2 Å². The summed E-state index contributed by atoms with van der Waals surface area (Å²) in [7, 11) is 0. The summed E-state index contributed by atoms with van der Waals surface area (Å²) in [6, 6.07) is 17.4. The van der Waals surface area contributed by atoms with Gasteiger partial charge in [0, 0.05) is 23.1 Å². The first-order valence-electron chi connectivity index (χ1n) is 9.37. The van der Waals surface area contributed by atoms with E-state index in [1.54, 1.807) is 12.3 Å². The Kier molecular flexibility index (Phi) is 4.37. The molecule has 146 valence electrons. The summed E-state index contributed by atoms with van der Waals surface area (Å²) < 4.78 is 5.84. The maximum absolute atomic E-state index is 6.32. The van der Waals surface area contributed by atoms with Gasteiger partial charge in [0.25, 0.3) is 0 Å². The molecule has 5 rings (SSSR count). The number of hydrogen-bond acceptors (Lipinski definition) is 5. The Morgan fingerprint density at radius 3 is 2.59 bits per heavy atom. The maximum Gasteiger partial charge on any atom is 0.204 e. The molecule has 1 unspecified atom stereocenters. The van der Waals surface area contributed by atoms with Crippen molar-refractivity contribution in [3.8, 4) is 11.1 Å². The summed E-state index contributed by atoms with van der Waals surface area (Å²) in [6.07, 6.45) is 2.59. The smallest absolute Gasteiger partial charge is 0.204 e. The average Bonchev–Trinajstić information content (AvgIpc) is 3.35. The van der Waals surface area contributed by atoms with Crippen LogP contribution < -0.4 is 5.73 Å². The van der Waals surface area contributed by atoms with Crippen molar-refractivity contribution in [3.63, 3.8) is 0 Å². The Morgan fingerprint density at radius 1 is 1.00 bits per heavy atom. The van der Waals surface area contributed by atoms with Crippen molar-refractivity contribution < 1.29 is 4.42 Å². The van der Waals surface area contributed by atoms with Crippen molar-refractivity contribution in [3.05, 3.63) is 82.2 Å². The van der Waals surface area contributed by atoms with Crippen LogP contribution in [0.4, 0.5) is 0 Å². The zero-order chi connectivity index (χ0) is 20.0. The Labute approximate surface area is 178 Å². The van der Waals surface area contributed by atoms with E-state index < -0.39 is 5.54 Å². The number of hydrogen-bond donors (Lipinski definition) is 1. The van der Waals surface area contributed by atoms with Crippen molar-refractivity contribution in [1.82, 2.24) is 4.90 Å². The molecule has 2 N–H and O–H groups in total. The molecule has 0 radical (unpaired) electrons. The Hall–Kier alpha value is -2.76. The minimum absolute atomic E-state index is 0.455. The lowest BCUT2D eigenvalue weighted by atomic mass is 9.84. The molecular formula is C22H18Cl2N4O.